The van der Waals surface area contributed by atoms with Crippen LogP contribution in [0.2, 0.25) is 0 Å². The lowest BCUT2D eigenvalue weighted by Gasteiger charge is -2.26. The highest BCUT2D eigenvalue weighted by molar-refractivity contribution is 5.78. The monoisotopic (exact) mass is 353 g/mol. The quantitative estimate of drug-likeness (QED) is 0.780. The summed E-state index contributed by atoms with van der Waals surface area (Å²) < 4.78 is 27.4. The van der Waals surface area contributed by atoms with Crippen LogP contribution in [-0.4, -0.2) is 60.5 Å². The van der Waals surface area contributed by atoms with Crippen molar-refractivity contribution < 1.29 is 13.6 Å². The molecular weight excluding hydrogens is 324 g/mol. The van der Waals surface area contributed by atoms with Crippen molar-refractivity contribution in [2.24, 2.45) is 0 Å². The maximum absolute atomic E-state index is 13.7. The summed E-state index contributed by atoms with van der Waals surface area (Å²) in [4.78, 5) is 16.8. The fraction of sp³-hybridized carbons (Fsp3) is 0.632. The number of nitrogens with one attached hydrogen (secondary N) is 1. The van der Waals surface area contributed by atoms with E-state index in [0.29, 0.717) is 12.6 Å². The molecule has 0 bridgehead atoms. The van der Waals surface area contributed by atoms with E-state index in [4.69, 9.17) is 0 Å². The number of halogens is 2. The highest BCUT2D eigenvalue weighted by Gasteiger charge is 2.27. The molecule has 0 unspecified atom stereocenters. The number of nitrogens with zero attached hydrogens (tertiary/aromatic N) is 2. The van der Waals surface area contributed by atoms with Crippen molar-refractivity contribution in [3.05, 3.63) is 35.4 Å². The van der Waals surface area contributed by atoms with E-state index in [1.165, 1.54) is 18.2 Å². The lowest BCUT2D eigenvalue weighted by atomic mass is 10.1. The Balaban J connectivity index is 1.80. The summed E-state index contributed by atoms with van der Waals surface area (Å²) in [6.07, 6.45) is 1.22. The van der Waals surface area contributed by atoms with Crippen LogP contribution in [0.15, 0.2) is 18.2 Å². The average molecular weight is 353 g/mol. The molecule has 1 aromatic rings. The molecule has 25 heavy (non-hydrogen) atoms. The first-order valence-electron chi connectivity index (χ1n) is 9.13. The van der Waals surface area contributed by atoms with Crippen molar-refractivity contribution in [1.29, 1.82) is 0 Å². The van der Waals surface area contributed by atoms with Crippen LogP contribution in [0.4, 0.5) is 8.78 Å². The van der Waals surface area contributed by atoms with Gasteiger partial charge in [-0.15, -0.1) is 0 Å². The van der Waals surface area contributed by atoms with E-state index < -0.39 is 11.6 Å². The summed E-state index contributed by atoms with van der Waals surface area (Å²) >= 11 is 0. The van der Waals surface area contributed by atoms with Gasteiger partial charge in [-0.05, 0) is 45.0 Å². The Morgan fingerprint density at radius 2 is 1.96 bits per heavy atom. The summed E-state index contributed by atoms with van der Waals surface area (Å²) in [6.45, 7) is 10.3. The molecule has 1 fully saturated rings. The molecular formula is C19H29F2N3O. The molecule has 1 aliphatic heterocycles. The second kappa shape index (κ2) is 9.25. The topological polar surface area (TPSA) is 35.6 Å². The van der Waals surface area contributed by atoms with E-state index in [9.17, 15) is 13.6 Å². The van der Waals surface area contributed by atoms with Crippen LogP contribution in [0.3, 0.4) is 0 Å². The van der Waals surface area contributed by atoms with Crippen LogP contribution in [0.5, 0.6) is 0 Å². The normalized spacial score (nSPS) is 19.4. The minimum Gasteiger partial charge on any atom is -0.352 e. The number of likely N-dealkylation sites (N-methyl/N-ethyl adjacent to an activating group) is 1. The maximum Gasteiger partial charge on any atom is 0.234 e. The van der Waals surface area contributed by atoms with E-state index in [-0.39, 0.29) is 23.9 Å². The van der Waals surface area contributed by atoms with Gasteiger partial charge in [-0.3, -0.25) is 14.6 Å². The highest BCUT2D eigenvalue weighted by Crippen LogP contribution is 2.16. The maximum atomic E-state index is 13.7. The van der Waals surface area contributed by atoms with Crippen LogP contribution in [0.25, 0.3) is 0 Å². The first-order valence-corrected chi connectivity index (χ1v) is 9.13. The standard InChI is InChI=1S/C19H29F2N3O/c1-4-24(5-2)15-9-10-23(12-15)13-19(25)22-14(3)11-16-17(20)7-6-8-18(16)21/h6-8,14-15H,4-5,9-13H2,1-3H3,(H,22,25)/t14-,15-/m0/s1. The average Bonchev–Trinajstić information content (AvgIpc) is 3.00. The zero-order chi connectivity index (χ0) is 18.4. The van der Waals surface area contributed by atoms with Crippen molar-refractivity contribution in [3.63, 3.8) is 0 Å². The van der Waals surface area contributed by atoms with Crippen molar-refractivity contribution >= 4 is 5.91 Å². The SMILES string of the molecule is CCN(CC)[C@H]1CCN(CC(=O)N[C@@H](C)Cc2c(F)cccc2F)C1. The zero-order valence-corrected chi connectivity index (χ0v) is 15.4. The minimum atomic E-state index is -0.567. The Hall–Kier alpha value is -1.53. The van der Waals surface area contributed by atoms with Crippen LogP contribution >= 0.6 is 0 Å². The molecule has 1 heterocycles. The van der Waals surface area contributed by atoms with Gasteiger partial charge in [-0.25, -0.2) is 8.78 Å². The number of hydrogen-bond donors (Lipinski definition) is 1. The Morgan fingerprint density at radius 1 is 1.32 bits per heavy atom. The molecule has 0 saturated carbocycles. The lowest BCUT2D eigenvalue weighted by molar-refractivity contribution is -0.122. The fourth-order valence-electron chi connectivity index (χ4n) is 3.60. The molecule has 1 aromatic carbocycles. The minimum absolute atomic E-state index is 0.0260. The number of amides is 1. The summed E-state index contributed by atoms with van der Waals surface area (Å²) in [5.74, 6) is -1.23. The molecule has 1 aliphatic rings. The van der Waals surface area contributed by atoms with Crippen molar-refractivity contribution in [1.82, 2.24) is 15.1 Å². The molecule has 0 spiro atoms. The van der Waals surface area contributed by atoms with Crippen molar-refractivity contribution in [2.45, 2.75) is 45.7 Å². The van der Waals surface area contributed by atoms with E-state index in [1.54, 1.807) is 6.92 Å². The van der Waals surface area contributed by atoms with Gasteiger partial charge in [0.15, 0.2) is 0 Å². The fourth-order valence-corrected chi connectivity index (χ4v) is 3.60. The number of carbonyl (C=O) groups excluding carboxylic acids is 1. The molecule has 1 saturated heterocycles. The number of hydrogen-bond acceptors (Lipinski definition) is 3. The molecule has 1 amide bonds. The molecule has 0 aromatic heterocycles. The van der Waals surface area contributed by atoms with Gasteiger partial charge in [0.25, 0.3) is 0 Å². The lowest BCUT2D eigenvalue weighted by Crippen LogP contribution is -2.43. The highest BCUT2D eigenvalue weighted by atomic mass is 19.1. The van der Waals surface area contributed by atoms with Gasteiger partial charge in [0.05, 0.1) is 6.54 Å². The second-order valence-corrected chi connectivity index (χ2v) is 6.77. The number of benzene rings is 1. The van der Waals surface area contributed by atoms with E-state index in [0.717, 1.165) is 32.6 Å². The van der Waals surface area contributed by atoms with E-state index >= 15 is 0 Å². The van der Waals surface area contributed by atoms with Crippen LogP contribution in [0, 0.1) is 11.6 Å². The molecule has 4 nitrogen and oxygen atoms in total. The van der Waals surface area contributed by atoms with Gasteiger partial charge in [0.2, 0.25) is 5.91 Å². The second-order valence-electron chi connectivity index (χ2n) is 6.77. The molecule has 140 valence electrons. The van der Waals surface area contributed by atoms with Gasteiger partial charge >= 0.3 is 0 Å². The summed E-state index contributed by atoms with van der Waals surface area (Å²) in [5.41, 5.74) is 0.0260. The molecule has 2 rings (SSSR count). The van der Waals surface area contributed by atoms with Gasteiger partial charge in [-0.1, -0.05) is 19.9 Å². The van der Waals surface area contributed by atoms with E-state index in [2.05, 4.69) is 29.0 Å². The third-order valence-corrected chi connectivity index (χ3v) is 4.92. The zero-order valence-electron chi connectivity index (χ0n) is 15.4. The summed E-state index contributed by atoms with van der Waals surface area (Å²) in [5, 5.41) is 2.85. The van der Waals surface area contributed by atoms with Gasteiger partial charge < -0.3 is 5.32 Å². The molecule has 2 atom stereocenters. The third kappa shape index (κ3) is 5.47. The van der Waals surface area contributed by atoms with Gasteiger partial charge in [0, 0.05) is 30.7 Å². The van der Waals surface area contributed by atoms with Crippen molar-refractivity contribution in [3.8, 4) is 0 Å². The number of likely N-dealkylation sites (tertiary alicyclic amines) is 1. The summed E-state index contributed by atoms with van der Waals surface area (Å²) in [7, 11) is 0. The van der Waals surface area contributed by atoms with Gasteiger partial charge in [0.1, 0.15) is 11.6 Å². The first kappa shape index (κ1) is 19.8. The Bertz CT molecular complexity index is 558. The smallest absolute Gasteiger partial charge is 0.234 e. The molecule has 0 aliphatic carbocycles. The third-order valence-electron chi connectivity index (χ3n) is 4.92. The Morgan fingerprint density at radius 3 is 2.56 bits per heavy atom. The Labute approximate surface area is 149 Å². The van der Waals surface area contributed by atoms with Crippen molar-refractivity contribution in [2.75, 3.05) is 32.7 Å². The Kier molecular flexibility index (Phi) is 7.32. The molecule has 1 N–H and O–H groups in total. The van der Waals surface area contributed by atoms with E-state index in [1.807, 2.05) is 0 Å². The molecule has 6 heteroatoms. The van der Waals surface area contributed by atoms with Gasteiger partial charge in [-0.2, -0.15) is 0 Å². The number of carbonyl (C=O) groups is 1. The summed E-state index contributed by atoms with van der Waals surface area (Å²) in [6, 6.07) is 4.01. The van der Waals surface area contributed by atoms with Crippen LogP contribution in [-0.2, 0) is 11.2 Å². The van der Waals surface area contributed by atoms with Crippen LogP contribution in [0.1, 0.15) is 32.8 Å². The number of rotatable bonds is 8. The largest absolute Gasteiger partial charge is 0.352 e. The predicted octanol–water partition coefficient (Wildman–Crippen LogP) is 2.43. The predicted molar refractivity (Wildman–Crippen MR) is 95.4 cm³/mol. The molecule has 0 radical (unpaired) electrons. The first-order chi connectivity index (χ1) is 11.9. The van der Waals surface area contributed by atoms with Crippen LogP contribution < -0.4 is 5.32 Å².